The Morgan fingerprint density at radius 3 is 2.75 bits per heavy atom. The first kappa shape index (κ1) is 24.3. The average molecular weight is 461 g/mol. The summed E-state index contributed by atoms with van der Waals surface area (Å²) >= 11 is 1.72. The zero-order valence-electron chi connectivity index (χ0n) is 18.7. The molecule has 32 heavy (non-hydrogen) atoms. The summed E-state index contributed by atoms with van der Waals surface area (Å²) in [5, 5.41) is 12.2. The number of benzene rings is 1. The Kier molecular flexibility index (Phi) is 9.11. The van der Waals surface area contributed by atoms with Gasteiger partial charge in [-0.3, -0.25) is 9.69 Å². The van der Waals surface area contributed by atoms with Gasteiger partial charge < -0.3 is 24.2 Å². The van der Waals surface area contributed by atoms with Gasteiger partial charge >= 0.3 is 0 Å². The Labute approximate surface area is 193 Å². The van der Waals surface area contributed by atoms with Crippen LogP contribution in [0.5, 0.6) is 11.5 Å². The SMILES string of the molecule is C=CCN(CC(=O)N1CCc2sccc2[C@@H]1COc1ccc(OC)cc1)C[C@@H](O)COC. The fourth-order valence-electron chi connectivity index (χ4n) is 3.93. The molecule has 1 aliphatic rings. The maximum Gasteiger partial charge on any atom is 0.237 e. The number of hydrogen-bond donors (Lipinski definition) is 1. The molecule has 0 unspecified atom stereocenters. The molecule has 1 aliphatic heterocycles. The minimum atomic E-state index is -0.660. The first-order chi connectivity index (χ1) is 15.5. The van der Waals surface area contributed by atoms with Crippen LogP contribution in [-0.2, 0) is 16.0 Å². The number of fused-ring (bicyclic) bond motifs is 1. The van der Waals surface area contributed by atoms with E-state index >= 15 is 0 Å². The van der Waals surface area contributed by atoms with Gasteiger partial charge in [0.15, 0.2) is 0 Å². The number of amides is 1. The van der Waals surface area contributed by atoms with Crippen LogP contribution in [0.4, 0.5) is 0 Å². The van der Waals surface area contributed by atoms with Gasteiger partial charge in [0.25, 0.3) is 0 Å². The fraction of sp³-hybridized carbons (Fsp3) is 0.458. The van der Waals surface area contributed by atoms with Crippen molar-refractivity contribution in [2.24, 2.45) is 0 Å². The van der Waals surface area contributed by atoms with Crippen LogP contribution in [0.2, 0.25) is 0 Å². The van der Waals surface area contributed by atoms with Crippen molar-refractivity contribution in [3.63, 3.8) is 0 Å². The van der Waals surface area contributed by atoms with Crippen molar-refractivity contribution in [1.82, 2.24) is 9.80 Å². The largest absolute Gasteiger partial charge is 0.497 e. The average Bonchev–Trinajstić information content (AvgIpc) is 3.27. The van der Waals surface area contributed by atoms with Crippen molar-refractivity contribution in [3.8, 4) is 11.5 Å². The Hall–Kier alpha value is -2.39. The molecule has 2 aromatic rings. The molecule has 2 atom stereocenters. The smallest absolute Gasteiger partial charge is 0.237 e. The number of carbonyl (C=O) groups is 1. The Morgan fingerprint density at radius 1 is 1.31 bits per heavy atom. The summed E-state index contributed by atoms with van der Waals surface area (Å²) in [5.41, 5.74) is 1.15. The number of ether oxygens (including phenoxy) is 3. The second kappa shape index (κ2) is 12.0. The number of carbonyl (C=O) groups excluding carboxylic acids is 1. The maximum absolute atomic E-state index is 13.3. The number of rotatable bonds is 12. The molecule has 0 bridgehead atoms. The van der Waals surface area contributed by atoms with Crippen LogP contribution in [0.1, 0.15) is 16.5 Å². The van der Waals surface area contributed by atoms with Gasteiger partial charge in [0.2, 0.25) is 5.91 Å². The zero-order valence-corrected chi connectivity index (χ0v) is 19.6. The molecule has 0 spiro atoms. The summed E-state index contributed by atoms with van der Waals surface area (Å²) in [7, 11) is 3.18. The first-order valence-electron chi connectivity index (χ1n) is 10.7. The van der Waals surface area contributed by atoms with E-state index in [2.05, 4.69) is 18.0 Å². The number of aliphatic hydroxyl groups is 1. The summed E-state index contributed by atoms with van der Waals surface area (Å²) in [6.07, 6.45) is 1.92. The van der Waals surface area contributed by atoms with Crippen LogP contribution in [-0.4, -0.2) is 80.5 Å². The van der Waals surface area contributed by atoms with E-state index in [9.17, 15) is 9.90 Å². The van der Waals surface area contributed by atoms with E-state index in [0.29, 0.717) is 26.2 Å². The van der Waals surface area contributed by atoms with Crippen LogP contribution in [0.25, 0.3) is 0 Å². The van der Waals surface area contributed by atoms with Crippen LogP contribution in [0.3, 0.4) is 0 Å². The summed E-state index contributed by atoms with van der Waals surface area (Å²) in [4.78, 5) is 18.4. The molecule has 0 saturated heterocycles. The lowest BCUT2D eigenvalue weighted by atomic mass is 10.0. The highest BCUT2D eigenvalue weighted by atomic mass is 32.1. The van der Waals surface area contributed by atoms with Crippen LogP contribution >= 0.6 is 11.3 Å². The van der Waals surface area contributed by atoms with E-state index in [0.717, 1.165) is 23.5 Å². The maximum atomic E-state index is 13.3. The highest BCUT2D eigenvalue weighted by molar-refractivity contribution is 7.10. The Balaban J connectivity index is 1.70. The monoisotopic (exact) mass is 460 g/mol. The van der Waals surface area contributed by atoms with Crippen molar-refractivity contribution in [2.75, 3.05) is 53.6 Å². The van der Waals surface area contributed by atoms with Crippen molar-refractivity contribution in [3.05, 3.63) is 58.8 Å². The highest BCUT2D eigenvalue weighted by Crippen LogP contribution is 2.34. The second-order valence-electron chi connectivity index (χ2n) is 7.73. The third-order valence-electron chi connectivity index (χ3n) is 5.46. The molecule has 0 radical (unpaired) electrons. The van der Waals surface area contributed by atoms with Gasteiger partial charge in [-0.25, -0.2) is 0 Å². The summed E-state index contributed by atoms with van der Waals surface area (Å²) in [6.45, 7) is 6.07. The number of thiophene rings is 1. The van der Waals surface area contributed by atoms with Crippen molar-refractivity contribution >= 4 is 17.2 Å². The molecule has 7 nitrogen and oxygen atoms in total. The molecule has 1 aromatic carbocycles. The molecule has 0 aliphatic carbocycles. The zero-order chi connectivity index (χ0) is 22.9. The minimum absolute atomic E-state index is 0.0108. The molecule has 1 N–H and O–H groups in total. The predicted molar refractivity (Wildman–Crippen MR) is 125 cm³/mol. The molecule has 0 saturated carbocycles. The van der Waals surface area contributed by atoms with Crippen molar-refractivity contribution in [1.29, 1.82) is 0 Å². The Bertz CT molecular complexity index is 870. The van der Waals surface area contributed by atoms with Crippen LogP contribution in [0, 0.1) is 0 Å². The summed E-state index contributed by atoms with van der Waals surface area (Å²) < 4.78 is 16.3. The number of hydrogen-bond acceptors (Lipinski definition) is 7. The third kappa shape index (κ3) is 6.32. The number of methoxy groups -OCH3 is 2. The highest BCUT2D eigenvalue weighted by Gasteiger charge is 2.33. The predicted octanol–water partition coefficient (Wildman–Crippen LogP) is 2.76. The normalized spacial score (nSPS) is 16.5. The Morgan fingerprint density at radius 2 is 2.06 bits per heavy atom. The number of aliphatic hydroxyl groups excluding tert-OH is 1. The molecular weight excluding hydrogens is 428 g/mol. The minimum Gasteiger partial charge on any atom is -0.497 e. The second-order valence-corrected chi connectivity index (χ2v) is 8.73. The van der Waals surface area contributed by atoms with Gasteiger partial charge in [0.05, 0.1) is 32.4 Å². The number of nitrogens with zero attached hydrogens (tertiary/aromatic N) is 2. The molecule has 174 valence electrons. The van der Waals surface area contributed by atoms with E-state index in [-0.39, 0.29) is 25.1 Å². The van der Waals surface area contributed by atoms with Gasteiger partial charge in [-0.15, -0.1) is 17.9 Å². The molecule has 1 aromatic heterocycles. The first-order valence-corrected chi connectivity index (χ1v) is 11.6. The van der Waals surface area contributed by atoms with Gasteiger partial charge in [-0.1, -0.05) is 6.08 Å². The quantitative estimate of drug-likeness (QED) is 0.491. The van der Waals surface area contributed by atoms with Gasteiger partial charge in [-0.2, -0.15) is 0 Å². The van der Waals surface area contributed by atoms with Gasteiger partial charge in [0.1, 0.15) is 18.1 Å². The van der Waals surface area contributed by atoms with Crippen molar-refractivity contribution in [2.45, 2.75) is 18.6 Å². The fourth-order valence-corrected chi connectivity index (χ4v) is 4.86. The summed E-state index contributed by atoms with van der Waals surface area (Å²) in [5.74, 6) is 1.51. The molecule has 2 heterocycles. The van der Waals surface area contributed by atoms with E-state index < -0.39 is 6.10 Å². The van der Waals surface area contributed by atoms with Gasteiger partial charge in [-0.05, 0) is 47.7 Å². The molecule has 0 fully saturated rings. The van der Waals surface area contributed by atoms with Crippen LogP contribution < -0.4 is 9.47 Å². The lowest BCUT2D eigenvalue weighted by Gasteiger charge is -2.37. The molecular formula is C24H32N2O5S. The lowest BCUT2D eigenvalue weighted by Crippen LogP contribution is -2.48. The standard InChI is InChI=1S/C24H32N2O5S/c1-4-11-25(14-18(27)16-29-2)15-24(28)26-12-9-23-21(10-13-32-23)22(26)17-31-20-7-5-19(30-3)6-8-20/h4-8,10,13,18,22,27H,1,9,11-12,14-17H2,2-3H3/t18-,22+/m1/s1. The van der Waals surface area contributed by atoms with E-state index in [1.54, 1.807) is 31.6 Å². The molecule has 1 amide bonds. The summed E-state index contributed by atoms with van der Waals surface area (Å²) in [6, 6.07) is 9.37. The van der Waals surface area contributed by atoms with E-state index in [4.69, 9.17) is 14.2 Å². The molecule has 3 rings (SSSR count). The van der Waals surface area contributed by atoms with Gasteiger partial charge in [0, 0.05) is 31.6 Å². The molecule has 8 heteroatoms. The lowest BCUT2D eigenvalue weighted by molar-refractivity contribution is -0.136. The van der Waals surface area contributed by atoms with Crippen molar-refractivity contribution < 1.29 is 24.1 Å². The topological polar surface area (TPSA) is 71.5 Å². The van der Waals surface area contributed by atoms with Crippen LogP contribution in [0.15, 0.2) is 48.4 Å². The van der Waals surface area contributed by atoms with E-state index in [1.165, 1.54) is 4.88 Å². The third-order valence-corrected chi connectivity index (χ3v) is 6.45. The van der Waals surface area contributed by atoms with E-state index in [1.807, 2.05) is 34.1 Å².